The second-order valence-corrected chi connectivity index (χ2v) is 5.99. The molecule has 0 spiro atoms. The van der Waals surface area contributed by atoms with Crippen molar-refractivity contribution in [3.05, 3.63) is 47.3 Å². The number of ether oxygens (including phenoxy) is 1. The molecule has 0 saturated carbocycles. The van der Waals surface area contributed by atoms with Crippen molar-refractivity contribution in [3.63, 3.8) is 0 Å². The minimum absolute atomic E-state index is 0.0505. The Morgan fingerprint density at radius 1 is 1.08 bits per heavy atom. The smallest absolute Gasteiger partial charge is 0.276 e. The Morgan fingerprint density at radius 3 is 2.44 bits per heavy atom. The number of nitrogens with zero attached hydrogens (tertiary/aromatic N) is 3. The molecule has 1 aromatic carbocycles. The van der Waals surface area contributed by atoms with E-state index in [1.807, 2.05) is 0 Å². The van der Waals surface area contributed by atoms with E-state index in [2.05, 4.69) is 5.16 Å². The van der Waals surface area contributed by atoms with Gasteiger partial charge in [-0.05, 0) is 31.5 Å². The molecule has 7 nitrogen and oxygen atoms in total. The summed E-state index contributed by atoms with van der Waals surface area (Å²) in [6, 6.07) is 8.74. The Hall–Kier alpha value is -2.83. The molecule has 2 amide bonds. The Labute approximate surface area is 146 Å². The second-order valence-electron chi connectivity index (χ2n) is 5.99. The van der Waals surface area contributed by atoms with E-state index >= 15 is 0 Å². The van der Waals surface area contributed by atoms with E-state index in [4.69, 9.17) is 9.26 Å². The first-order chi connectivity index (χ1) is 12.1. The van der Waals surface area contributed by atoms with E-state index in [-0.39, 0.29) is 11.8 Å². The van der Waals surface area contributed by atoms with Crippen LogP contribution in [0.5, 0.6) is 5.75 Å². The van der Waals surface area contributed by atoms with Crippen molar-refractivity contribution < 1.29 is 18.8 Å². The maximum absolute atomic E-state index is 12.7. The second kappa shape index (κ2) is 7.38. The molecule has 1 aliphatic rings. The van der Waals surface area contributed by atoms with Crippen molar-refractivity contribution in [1.82, 2.24) is 15.0 Å². The van der Waals surface area contributed by atoms with Crippen molar-refractivity contribution >= 4 is 11.8 Å². The molecule has 132 valence electrons. The van der Waals surface area contributed by atoms with Gasteiger partial charge in [0.25, 0.3) is 11.8 Å². The number of rotatable bonds is 3. The highest BCUT2D eigenvalue weighted by atomic mass is 16.5. The van der Waals surface area contributed by atoms with Gasteiger partial charge in [-0.15, -0.1) is 0 Å². The Kier molecular flexibility index (Phi) is 5.02. The van der Waals surface area contributed by atoms with Gasteiger partial charge >= 0.3 is 0 Å². The lowest BCUT2D eigenvalue weighted by Gasteiger charge is -2.21. The number of aryl methyl sites for hydroxylation is 1. The summed E-state index contributed by atoms with van der Waals surface area (Å²) >= 11 is 0. The average Bonchev–Trinajstić information content (AvgIpc) is 2.93. The van der Waals surface area contributed by atoms with Gasteiger partial charge in [0.2, 0.25) is 0 Å². The third-order valence-electron chi connectivity index (χ3n) is 4.23. The van der Waals surface area contributed by atoms with Gasteiger partial charge < -0.3 is 19.1 Å². The molecule has 25 heavy (non-hydrogen) atoms. The predicted octanol–water partition coefficient (Wildman–Crippen LogP) is 1.98. The zero-order valence-corrected chi connectivity index (χ0v) is 14.4. The van der Waals surface area contributed by atoms with Crippen LogP contribution in [-0.2, 0) is 0 Å². The summed E-state index contributed by atoms with van der Waals surface area (Å²) < 4.78 is 10.1. The maximum atomic E-state index is 12.7. The van der Waals surface area contributed by atoms with Gasteiger partial charge in [0.15, 0.2) is 5.69 Å². The highest BCUT2D eigenvalue weighted by molar-refractivity contribution is 5.95. The number of methoxy groups -OCH3 is 1. The third kappa shape index (κ3) is 3.81. The monoisotopic (exact) mass is 343 g/mol. The van der Waals surface area contributed by atoms with Crippen LogP contribution in [0.4, 0.5) is 0 Å². The average molecular weight is 343 g/mol. The summed E-state index contributed by atoms with van der Waals surface area (Å²) in [7, 11) is 1.57. The number of benzene rings is 1. The fourth-order valence-corrected chi connectivity index (χ4v) is 2.89. The van der Waals surface area contributed by atoms with Gasteiger partial charge in [-0.3, -0.25) is 9.59 Å². The normalized spacial score (nSPS) is 15.0. The van der Waals surface area contributed by atoms with Crippen LogP contribution in [0.15, 0.2) is 34.9 Å². The molecule has 2 aromatic rings. The van der Waals surface area contributed by atoms with Crippen molar-refractivity contribution in [3.8, 4) is 5.75 Å². The van der Waals surface area contributed by atoms with Crippen molar-refractivity contribution in [1.29, 1.82) is 0 Å². The van der Waals surface area contributed by atoms with E-state index in [0.717, 1.165) is 6.42 Å². The molecule has 3 rings (SSSR count). The van der Waals surface area contributed by atoms with Crippen molar-refractivity contribution in [2.75, 3.05) is 33.3 Å². The standard InChI is InChI=1S/C18H21N3O4/c1-13-11-16(19-25-13)18(23)21-8-4-7-20(9-10-21)17(22)14-5-3-6-15(12-14)24-2/h3,5-6,11-12H,4,7-10H2,1-2H3. The first-order valence-electron chi connectivity index (χ1n) is 8.24. The summed E-state index contributed by atoms with van der Waals surface area (Å²) in [4.78, 5) is 28.7. The van der Waals surface area contributed by atoms with Crippen LogP contribution in [0.3, 0.4) is 0 Å². The highest BCUT2D eigenvalue weighted by Crippen LogP contribution is 2.16. The summed E-state index contributed by atoms with van der Waals surface area (Å²) in [5.41, 5.74) is 0.899. The minimum atomic E-state index is -0.160. The highest BCUT2D eigenvalue weighted by Gasteiger charge is 2.25. The quantitative estimate of drug-likeness (QED) is 0.852. The lowest BCUT2D eigenvalue weighted by atomic mass is 10.2. The molecule has 1 aliphatic heterocycles. The van der Waals surface area contributed by atoms with Crippen LogP contribution >= 0.6 is 0 Å². The first-order valence-corrected chi connectivity index (χ1v) is 8.24. The first kappa shape index (κ1) is 17.0. The van der Waals surface area contributed by atoms with E-state index in [1.165, 1.54) is 0 Å². The molecule has 2 heterocycles. The number of carbonyl (C=O) groups excluding carboxylic acids is 2. The van der Waals surface area contributed by atoms with E-state index in [1.54, 1.807) is 54.2 Å². The van der Waals surface area contributed by atoms with Gasteiger partial charge in [0.05, 0.1) is 7.11 Å². The molecule has 1 saturated heterocycles. The molecule has 0 N–H and O–H groups in total. The fraction of sp³-hybridized carbons (Fsp3) is 0.389. The van der Waals surface area contributed by atoms with E-state index in [0.29, 0.717) is 48.9 Å². The Morgan fingerprint density at radius 2 is 1.80 bits per heavy atom. The molecule has 7 heteroatoms. The van der Waals surface area contributed by atoms with Gasteiger partial charge in [0, 0.05) is 37.8 Å². The maximum Gasteiger partial charge on any atom is 0.276 e. The van der Waals surface area contributed by atoms with Crippen LogP contribution in [0.25, 0.3) is 0 Å². The van der Waals surface area contributed by atoms with Crippen LogP contribution in [0.1, 0.15) is 33.0 Å². The molecule has 0 atom stereocenters. The molecule has 1 aromatic heterocycles. The van der Waals surface area contributed by atoms with Crippen LogP contribution in [0.2, 0.25) is 0 Å². The van der Waals surface area contributed by atoms with Gasteiger partial charge in [-0.1, -0.05) is 11.2 Å². The largest absolute Gasteiger partial charge is 0.497 e. The lowest BCUT2D eigenvalue weighted by molar-refractivity contribution is 0.0713. The Balaban J connectivity index is 1.66. The number of carbonyl (C=O) groups is 2. The minimum Gasteiger partial charge on any atom is -0.497 e. The van der Waals surface area contributed by atoms with Crippen LogP contribution < -0.4 is 4.74 Å². The van der Waals surface area contributed by atoms with Crippen molar-refractivity contribution in [2.45, 2.75) is 13.3 Å². The molecule has 0 unspecified atom stereocenters. The van der Waals surface area contributed by atoms with Gasteiger partial charge in [-0.2, -0.15) is 0 Å². The summed E-state index contributed by atoms with van der Waals surface area (Å²) in [6.07, 6.45) is 0.721. The molecular formula is C18H21N3O4. The molecule has 1 fully saturated rings. The lowest BCUT2D eigenvalue weighted by Crippen LogP contribution is -2.37. The van der Waals surface area contributed by atoms with Crippen LogP contribution in [0, 0.1) is 6.92 Å². The molecule has 0 aliphatic carbocycles. The van der Waals surface area contributed by atoms with E-state index in [9.17, 15) is 9.59 Å². The third-order valence-corrected chi connectivity index (χ3v) is 4.23. The summed E-state index contributed by atoms with van der Waals surface area (Å²) in [6.45, 7) is 3.91. The number of hydrogen-bond acceptors (Lipinski definition) is 5. The number of amides is 2. The number of hydrogen-bond donors (Lipinski definition) is 0. The topological polar surface area (TPSA) is 75.9 Å². The van der Waals surface area contributed by atoms with Crippen LogP contribution in [-0.4, -0.2) is 60.1 Å². The molecule has 0 bridgehead atoms. The number of aromatic nitrogens is 1. The SMILES string of the molecule is COc1cccc(C(=O)N2CCCN(C(=O)c3cc(C)on3)CC2)c1. The van der Waals surface area contributed by atoms with Gasteiger partial charge in [-0.25, -0.2) is 0 Å². The van der Waals surface area contributed by atoms with Crippen molar-refractivity contribution in [2.24, 2.45) is 0 Å². The van der Waals surface area contributed by atoms with Gasteiger partial charge in [0.1, 0.15) is 11.5 Å². The van der Waals surface area contributed by atoms with E-state index < -0.39 is 0 Å². The molecule has 0 radical (unpaired) electrons. The zero-order chi connectivity index (χ0) is 17.8. The summed E-state index contributed by atoms with van der Waals surface area (Å²) in [5, 5.41) is 3.78. The summed E-state index contributed by atoms with van der Waals surface area (Å²) in [5.74, 6) is 1.05. The molecular weight excluding hydrogens is 322 g/mol. The fourth-order valence-electron chi connectivity index (χ4n) is 2.89. The zero-order valence-electron chi connectivity index (χ0n) is 14.4. The predicted molar refractivity (Wildman–Crippen MR) is 90.7 cm³/mol. The Bertz CT molecular complexity index is 771.